The summed E-state index contributed by atoms with van der Waals surface area (Å²) in [5.74, 6) is 0.152. The van der Waals surface area contributed by atoms with Crippen LogP contribution in [0.2, 0.25) is 0 Å². The second-order valence-electron chi connectivity index (χ2n) is 4.50. The number of nitrogens with one attached hydrogen (secondary N) is 1. The van der Waals surface area contributed by atoms with Crippen molar-refractivity contribution in [3.63, 3.8) is 0 Å². The first-order chi connectivity index (χ1) is 7.62. The summed E-state index contributed by atoms with van der Waals surface area (Å²) in [7, 11) is -3.00. The molecule has 1 fully saturated rings. The van der Waals surface area contributed by atoms with Crippen LogP contribution in [0.15, 0.2) is 0 Å². The molecule has 0 aromatic carbocycles. The topological polar surface area (TPSA) is 55.4 Å². The largest absolute Gasteiger partial charge is 0.411 e. The van der Waals surface area contributed by atoms with E-state index in [2.05, 4.69) is 10.1 Å². The average Bonchev–Trinajstić information content (AvgIpc) is 2.38. The van der Waals surface area contributed by atoms with Crippen molar-refractivity contribution in [2.75, 3.05) is 31.3 Å². The molecule has 0 aliphatic carbocycles. The highest BCUT2D eigenvalue weighted by atomic mass is 32.2. The van der Waals surface area contributed by atoms with Crippen LogP contribution in [0.25, 0.3) is 0 Å². The molecule has 1 rings (SSSR count). The Morgan fingerprint density at radius 1 is 1.41 bits per heavy atom. The van der Waals surface area contributed by atoms with Crippen molar-refractivity contribution in [2.45, 2.75) is 25.1 Å². The van der Waals surface area contributed by atoms with Gasteiger partial charge in [-0.2, -0.15) is 13.2 Å². The molecule has 102 valence electrons. The number of alkyl halides is 3. The van der Waals surface area contributed by atoms with E-state index in [1.807, 2.05) is 0 Å². The summed E-state index contributed by atoms with van der Waals surface area (Å²) in [6.07, 6.45) is -3.84. The van der Waals surface area contributed by atoms with Crippen LogP contribution in [0.1, 0.15) is 13.3 Å². The summed E-state index contributed by atoms with van der Waals surface area (Å²) in [6, 6.07) is 0. The first-order valence-corrected chi connectivity index (χ1v) is 7.04. The van der Waals surface area contributed by atoms with Crippen molar-refractivity contribution in [2.24, 2.45) is 0 Å². The summed E-state index contributed by atoms with van der Waals surface area (Å²) in [6.45, 7) is 0.599. The van der Waals surface area contributed by atoms with E-state index < -0.39 is 28.2 Å². The Morgan fingerprint density at radius 3 is 2.53 bits per heavy atom. The van der Waals surface area contributed by atoms with Crippen molar-refractivity contribution in [3.8, 4) is 0 Å². The monoisotopic (exact) mass is 275 g/mol. The van der Waals surface area contributed by atoms with Crippen molar-refractivity contribution >= 4 is 9.84 Å². The zero-order chi connectivity index (χ0) is 13.2. The van der Waals surface area contributed by atoms with Gasteiger partial charge in [0.05, 0.1) is 18.1 Å². The maximum Gasteiger partial charge on any atom is 0.411 e. The lowest BCUT2D eigenvalue weighted by Crippen LogP contribution is -2.45. The van der Waals surface area contributed by atoms with Crippen LogP contribution in [0, 0.1) is 0 Å². The van der Waals surface area contributed by atoms with Crippen LogP contribution in [-0.2, 0) is 14.6 Å². The van der Waals surface area contributed by atoms with Gasteiger partial charge in [-0.3, -0.25) is 0 Å². The smallest absolute Gasteiger partial charge is 0.371 e. The molecular formula is C9H16F3NO3S. The van der Waals surface area contributed by atoms with Crippen molar-refractivity contribution < 1.29 is 26.3 Å². The molecule has 0 aromatic heterocycles. The van der Waals surface area contributed by atoms with Crippen LogP contribution in [0.5, 0.6) is 0 Å². The minimum atomic E-state index is -4.32. The van der Waals surface area contributed by atoms with Crippen LogP contribution in [-0.4, -0.2) is 51.4 Å². The fourth-order valence-electron chi connectivity index (χ4n) is 1.76. The summed E-state index contributed by atoms with van der Waals surface area (Å²) >= 11 is 0. The molecule has 1 aliphatic heterocycles. The zero-order valence-corrected chi connectivity index (χ0v) is 10.3. The summed E-state index contributed by atoms with van der Waals surface area (Å²) in [5.41, 5.74) is -0.541. The average molecular weight is 275 g/mol. The Labute approximate surface area is 98.4 Å². The van der Waals surface area contributed by atoms with Gasteiger partial charge in [0.1, 0.15) is 6.61 Å². The molecule has 0 spiro atoms. The molecule has 1 unspecified atom stereocenters. The predicted octanol–water partition coefficient (Wildman–Crippen LogP) is 0.732. The Morgan fingerprint density at radius 2 is 2.06 bits per heavy atom. The Kier molecular flexibility index (Phi) is 4.43. The minimum Gasteiger partial charge on any atom is -0.371 e. The van der Waals surface area contributed by atoms with E-state index in [0.29, 0.717) is 6.42 Å². The van der Waals surface area contributed by atoms with Gasteiger partial charge in [0.15, 0.2) is 9.84 Å². The normalized spacial score (nSPS) is 28.5. The van der Waals surface area contributed by atoms with E-state index in [9.17, 15) is 21.6 Å². The highest BCUT2D eigenvalue weighted by Gasteiger charge is 2.37. The molecule has 1 saturated heterocycles. The van der Waals surface area contributed by atoms with E-state index in [4.69, 9.17) is 0 Å². The Balaban J connectivity index is 2.19. The highest BCUT2D eigenvalue weighted by molar-refractivity contribution is 7.91. The first-order valence-electron chi connectivity index (χ1n) is 5.22. The molecule has 17 heavy (non-hydrogen) atoms. The van der Waals surface area contributed by atoms with Gasteiger partial charge in [-0.1, -0.05) is 0 Å². The van der Waals surface area contributed by atoms with Gasteiger partial charge in [0, 0.05) is 12.1 Å². The van der Waals surface area contributed by atoms with Gasteiger partial charge in [0.25, 0.3) is 0 Å². The lowest BCUT2D eigenvalue weighted by Gasteiger charge is -2.23. The quantitative estimate of drug-likeness (QED) is 0.752. The van der Waals surface area contributed by atoms with Gasteiger partial charge in [-0.15, -0.1) is 0 Å². The molecule has 0 bridgehead atoms. The number of ether oxygens (including phenoxy) is 1. The lowest BCUT2D eigenvalue weighted by atomic mass is 10.0. The first kappa shape index (κ1) is 14.7. The predicted molar refractivity (Wildman–Crippen MR) is 56.6 cm³/mol. The molecule has 4 nitrogen and oxygen atoms in total. The van der Waals surface area contributed by atoms with Gasteiger partial charge in [-0.05, 0) is 13.3 Å². The molecule has 0 saturated carbocycles. The summed E-state index contributed by atoms with van der Waals surface area (Å²) in [4.78, 5) is 0. The van der Waals surface area contributed by atoms with Crippen LogP contribution < -0.4 is 5.32 Å². The van der Waals surface area contributed by atoms with Gasteiger partial charge >= 0.3 is 6.18 Å². The Hall–Kier alpha value is -0.340. The second-order valence-corrected chi connectivity index (χ2v) is 6.68. The van der Waals surface area contributed by atoms with Gasteiger partial charge in [0.2, 0.25) is 0 Å². The van der Waals surface area contributed by atoms with E-state index in [-0.39, 0.29) is 24.7 Å². The Bertz CT molecular complexity index is 355. The fourth-order valence-corrected chi connectivity index (χ4v) is 3.89. The van der Waals surface area contributed by atoms with Gasteiger partial charge in [-0.25, -0.2) is 8.42 Å². The van der Waals surface area contributed by atoms with Crippen LogP contribution in [0.3, 0.4) is 0 Å². The van der Waals surface area contributed by atoms with E-state index in [1.165, 1.54) is 0 Å². The summed E-state index contributed by atoms with van der Waals surface area (Å²) < 4.78 is 62.1. The molecule has 1 N–H and O–H groups in total. The molecule has 0 radical (unpaired) electrons. The third-order valence-electron chi connectivity index (χ3n) is 2.57. The zero-order valence-electron chi connectivity index (χ0n) is 9.51. The molecule has 0 amide bonds. The maximum atomic E-state index is 11.7. The van der Waals surface area contributed by atoms with E-state index in [1.54, 1.807) is 6.92 Å². The molecule has 1 aliphatic rings. The summed E-state index contributed by atoms with van der Waals surface area (Å²) in [5, 5.41) is 2.93. The molecule has 0 aromatic rings. The van der Waals surface area contributed by atoms with Crippen molar-refractivity contribution in [1.29, 1.82) is 0 Å². The molecule has 8 heteroatoms. The third kappa shape index (κ3) is 5.69. The van der Waals surface area contributed by atoms with E-state index in [0.717, 1.165) is 0 Å². The fraction of sp³-hybridized carbons (Fsp3) is 1.00. The lowest BCUT2D eigenvalue weighted by molar-refractivity contribution is -0.173. The highest BCUT2D eigenvalue weighted by Crippen LogP contribution is 2.22. The number of halogens is 3. The number of hydrogen-bond donors (Lipinski definition) is 1. The van der Waals surface area contributed by atoms with Gasteiger partial charge < -0.3 is 10.1 Å². The van der Waals surface area contributed by atoms with Crippen molar-refractivity contribution in [1.82, 2.24) is 5.32 Å². The van der Waals surface area contributed by atoms with Crippen LogP contribution in [0.4, 0.5) is 13.2 Å². The second kappa shape index (κ2) is 5.11. The third-order valence-corrected chi connectivity index (χ3v) is 4.47. The number of sulfone groups is 1. The minimum absolute atomic E-state index is 0.0271. The SMILES string of the molecule is CC1(NCCOCC(F)(F)F)CCS(=O)(=O)C1. The molecular weight excluding hydrogens is 259 g/mol. The number of rotatable bonds is 5. The standard InChI is InChI=1S/C9H16F3NO3S/c1-8(2-5-17(14,15)7-8)13-3-4-16-6-9(10,11)12/h13H,2-7H2,1H3. The van der Waals surface area contributed by atoms with Crippen LogP contribution >= 0.6 is 0 Å². The molecule has 1 atom stereocenters. The van der Waals surface area contributed by atoms with E-state index >= 15 is 0 Å². The van der Waals surface area contributed by atoms with Crippen molar-refractivity contribution in [3.05, 3.63) is 0 Å². The number of hydrogen-bond acceptors (Lipinski definition) is 4. The maximum absolute atomic E-state index is 11.7. The molecule has 1 heterocycles.